The quantitative estimate of drug-likeness (QED) is 0.848. The first kappa shape index (κ1) is 13.6. The van der Waals surface area contributed by atoms with E-state index in [0.29, 0.717) is 4.47 Å². The van der Waals surface area contributed by atoms with Gasteiger partial charge in [-0.2, -0.15) is 0 Å². The lowest BCUT2D eigenvalue weighted by molar-refractivity contribution is -0.309. The number of amides is 1. The van der Waals surface area contributed by atoms with Crippen LogP contribution in [0.4, 0.5) is 10.1 Å². The Morgan fingerprint density at radius 3 is 2.71 bits per heavy atom. The molecule has 0 aliphatic heterocycles. The molecule has 0 heterocycles. The molecule has 17 heavy (non-hydrogen) atoms. The number of ether oxygens (including phenoxy) is 1. The van der Waals surface area contributed by atoms with Crippen molar-refractivity contribution in [3.63, 3.8) is 0 Å². The Bertz CT molecular complexity index is 438. The van der Waals surface area contributed by atoms with Crippen LogP contribution in [0.25, 0.3) is 0 Å². The third kappa shape index (κ3) is 4.92. The summed E-state index contributed by atoms with van der Waals surface area (Å²) in [5.74, 6) is -2.67. The van der Waals surface area contributed by atoms with Crippen LogP contribution >= 0.6 is 15.9 Å². The van der Waals surface area contributed by atoms with Gasteiger partial charge in [0.2, 0.25) is 5.91 Å². The van der Waals surface area contributed by atoms with Gasteiger partial charge >= 0.3 is 0 Å². The molecule has 1 aromatic carbocycles. The number of aliphatic carboxylic acids is 1. The normalized spacial score (nSPS) is 10.0. The molecule has 0 saturated carbocycles. The summed E-state index contributed by atoms with van der Waals surface area (Å²) in [6, 6.07) is 4.12. The number of rotatable bonds is 5. The van der Waals surface area contributed by atoms with E-state index >= 15 is 0 Å². The number of hydrogen-bond donors (Lipinski definition) is 1. The highest BCUT2D eigenvalue weighted by molar-refractivity contribution is 9.10. The van der Waals surface area contributed by atoms with Crippen molar-refractivity contribution in [1.82, 2.24) is 0 Å². The summed E-state index contributed by atoms with van der Waals surface area (Å²) >= 11 is 3.07. The van der Waals surface area contributed by atoms with Gasteiger partial charge in [-0.3, -0.25) is 4.79 Å². The third-order valence-corrected chi connectivity index (χ3v) is 2.15. The van der Waals surface area contributed by atoms with Crippen LogP contribution in [0, 0.1) is 5.82 Å². The average molecular weight is 305 g/mol. The third-order valence-electron chi connectivity index (χ3n) is 1.66. The standard InChI is InChI=1S/C10H9BrFNO4/c11-6-1-2-8(7(12)3-6)13-9(14)4-17-5-10(15)16/h1-3H,4-5H2,(H,13,14)(H,15,16)/p-1. The van der Waals surface area contributed by atoms with E-state index in [4.69, 9.17) is 0 Å². The van der Waals surface area contributed by atoms with Gasteiger partial charge in [0, 0.05) is 4.47 Å². The molecule has 0 saturated heterocycles. The van der Waals surface area contributed by atoms with Gasteiger partial charge in [-0.25, -0.2) is 4.39 Å². The topological polar surface area (TPSA) is 78.5 Å². The number of nitrogens with one attached hydrogen (secondary N) is 1. The smallest absolute Gasteiger partial charge is 0.250 e. The van der Waals surface area contributed by atoms with Crippen molar-refractivity contribution < 1.29 is 23.8 Å². The molecule has 7 heteroatoms. The van der Waals surface area contributed by atoms with E-state index in [1.165, 1.54) is 12.1 Å². The van der Waals surface area contributed by atoms with E-state index in [1.54, 1.807) is 6.07 Å². The van der Waals surface area contributed by atoms with Gasteiger partial charge in [0.15, 0.2) is 0 Å². The first-order chi connectivity index (χ1) is 7.99. The molecule has 0 aliphatic rings. The van der Waals surface area contributed by atoms with E-state index in [0.717, 1.165) is 0 Å². The summed E-state index contributed by atoms with van der Waals surface area (Å²) in [7, 11) is 0. The second-order valence-corrected chi connectivity index (χ2v) is 3.95. The van der Waals surface area contributed by atoms with Gasteiger partial charge in [-0.1, -0.05) is 15.9 Å². The predicted molar refractivity (Wildman–Crippen MR) is 58.6 cm³/mol. The van der Waals surface area contributed by atoms with Crippen molar-refractivity contribution in [2.24, 2.45) is 0 Å². The van der Waals surface area contributed by atoms with Crippen LogP contribution in [-0.2, 0) is 14.3 Å². The number of benzene rings is 1. The number of carbonyl (C=O) groups excluding carboxylic acids is 2. The zero-order valence-corrected chi connectivity index (χ0v) is 10.1. The number of hydrogen-bond acceptors (Lipinski definition) is 4. The number of carbonyl (C=O) groups is 2. The summed E-state index contributed by atoms with van der Waals surface area (Å²) in [6.45, 7) is -1.17. The van der Waals surface area contributed by atoms with Gasteiger partial charge in [0.1, 0.15) is 12.4 Å². The maximum Gasteiger partial charge on any atom is 0.250 e. The molecule has 0 bridgehead atoms. The van der Waals surface area contributed by atoms with Crippen molar-refractivity contribution in [2.45, 2.75) is 0 Å². The van der Waals surface area contributed by atoms with Gasteiger partial charge in [0.05, 0.1) is 18.3 Å². The largest absolute Gasteiger partial charge is 0.548 e. The fourth-order valence-electron chi connectivity index (χ4n) is 1.00. The molecule has 0 aliphatic carbocycles. The molecule has 1 aromatic rings. The highest BCUT2D eigenvalue weighted by Gasteiger charge is 2.07. The maximum absolute atomic E-state index is 13.3. The summed E-state index contributed by atoms with van der Waals surface area (Å²) in [5, 5.41) is 12.2. The van der Waals surface area contributed by atoms with Gasteiger partial charge < -0.3 is 20.0 Å². The minimum absolute atomic E-state index is 0.00440. The van der Waals surface area contributed by atoms with Crippen molar-refractivity contribution in [2.75, 3.05) is 18.5 Å². The fourth-order valence-corrected chi connectivity index (χ4v) is 1.34. The maximum atomic E-state index is 13.3. The second kappa shape index (κ2) is 6.31. The minimum Gasteiger partial charge on any atom is -0.548 e. The first-order valence-electron chi connectivity index (χ1n) is 4.51. The molecule has 92 valence electrons. The number of halogens is 2. The molecular weight excluding hydrogens is 297 g/mol. The minimum atomic E-state index is -1.42. The van der Waals surface area contributed by atoms with Crippen molar-refractivity contribution in [3.8, 4) is 0 Å². The molecule has 5 nitrogen and oxygen atoms in total. The molecule has 0 spiro atoms. The molecule has 1 N–H and O–H groups in total. The zero-order valence-electron chi connectivity index (χ0n) is 8.54. The Kier molecular flexibility index (Phi) is 5.05. The summed E-state index contributed by atoms with van der Waals surface area (Å²) in [4.78, 5) is 21.2. The highest BCUT2D eigenvalue weighted by atomic mass is 79.9. The Morgan fingerprint density at radius 2 is 2.12 bits per heavy atom. The molecule has 0 unspecified atom stereocenters. The van der Waals surface area contributed by atoms with E-state index in [9.17, 15) is 19.1 Å². The lowest BCUT2D eigenvalue weighted by Gasteiger charge is -2.07. The molecule has 0 atom stereocenters. The van der Waals surface area contributed by atoms with Gasteiger partial charge in [0.25, 0.3) is 0 Å². The monoisotopic (exact) mass is 304 g/mol. The summed E-state index contributed by atoms with van der Waals surface area (Å²) in [6.07, 6.45) is 0. The Labute approximate surface area is 105 Å². The Morgan fingerprint density at radius 1 is 1.41 bits per heavy atom. The molecule has 0 radical (unpaired) electrons. The molecular formula is C10H8BrFNO4-. The molecule has 1 rings (SSSR count). The fraction of sp³-hybridized carbons (Fsp3) is 0.200. The van der Waals surface area contributed by atoms with Crippen molar-refractivity contribution >= 4 is 33.5 Å². The summed E-state index contributed by atoms with van der Waals surface area (Å²) in [5.41, 5.74) is -0.00440. The van der Waals surface area contributed by atoms with E-state index in [-0.39, 0.29) is 5.69 Å². The van der Waals surface area contributed by atoms with Crippen LogP contribution in [0.2, 0.25) is 0 Å². The van der Waals surface area contributed by atoms with Crippen LogP contribution in [0.1, 0.15) is 0 Å². The first-order valence-corrected chi connectivity index (χ1v) is 5.31. The highest BCUT2D eigenvalue weighted by Crippen LogP contribution is 2.19. The van der Waals surface area contributed by atoms with Crippen LogP contribution in [0.15, 0.2) is 22.7 Å². The lowest BCUT2D eigenvalue weighted by atomic mass is 10.3. The Hall–Kier alpha value is -1.47. The van der Waals surface area contributed by atoms with Crippen LogP contribution in [0.3, 0.4) is 0 Å². The molecule has 0 fully saturated rings. The number of carboxylic acid groups (broad SMARTS) is 1. The number of anilines is 1. The SMILES string of the molecule is O=C([O-])COCC(=O)Nc1ccc(Br)cc1F. The molecule has 1 amide bonds. The van der Waals surface area contributed by atoms with E-state index in [1.807, 2.05) is 0 Å². The van der Waals surface area contributed by atoms with Crippen LogP contribution in [-0.4, -0.2) is 25.1 Å². The average Bonchev–Trinajstić information content (AvgIpc) is 2.21. The van der Waals surface area contributed by atoms with E-state index in [2.05, 4.69) is 26.0 Å². The zero-order chi connectivity index (χ0) is 12.8. The van der Waals surface area contributed by atoms with Crippen LogP contribution < -0.4 is 10.4 Å². The second-order valence-electron chi connectivity index (χ2n) is 3.04. The predicted octanol–water partition coefficient (Wildman–Crippen LogP) is 0.293. The van der Waals surface area contributed by atoms with Gasteiger partial charge in [-0.15, -0.1) is 0 Å². The lowest BCUT2D eigenvalue weighted by Crippen LogP contribution is -2.29. The van der Waals surface area contributed by atoms with Crippen molar-refractivity contribution in [1.29, 1.82) is 0 Å². The van der Waals surface area contributed by atoms with E-state index < -0.39 is 30.9 Å². The van der Waals surface area contributed by atoms with Crippen LogP contribution in [0.5, 0.6) is 0 Å². The number of carboxylic acids is 1. The van der Waals surface area contributed by atoms with Gasteiger partial charge in [-0.05, 0) is 18.2 Å². The van der Waals surface area contributed by atoms with Crippen molar-refractivity contribution in [3.05, 3.63) is 28.5 Å². The molecule has 0 aromatic heterocycles. The Balaban J connectivity index is 2.48. The summed E-state index contributed by atoms with van der Waals surface area (Å²) < 4.78 is 18.3.